The molecule has 4 heteroatoms. The minimum atomic E-state index is -0.0501. The van der Waals surface area contributed by atoms with Crippen LogP contribution in [0.1, 0.15) is 5.69 Å². The van der Waals surface area contributed by atoms with Crippen molar-refractivity contribution in [3.05, 3.63) is 30.2 Å². The zero-order chi connectivity index (χ0) is 9.10. The van der Waals surface area contributed by atoms with Crippen molar-refractivity contribution in [3.63, 3.8) is 0 Å². The van der Waals surface area contributed by atoms with E-state index in [-0.39, 0.29) is 6.61 Å². The molecule has 0 atom stereocenters. The molecule has 0 saturated heterocycles. The lowest BCUT2D eigenvalue weighted by molar-refractivity contribution is 0.276. The van der Waals surface area contributed by atoms with Gasteiger partial charge in [0.05, 0.1) is 24.7 Å². The lowest BCUT2D eigenvalue weighted by Crippen LogP contribution is -2.20. The Hall–Kier alpha value is -1.42. The quantitative estimate of drug-likeness (QED) is 0.662. The van der Waals surface area contributed by atoms with E-state index in [1.807, 2.05) is 0 Å². The summed E-state index contributed by atoms with van der Waals surface area (Å²) in [5.41, 5.74) is 0.607. The summed E-state index contributed by atoms with van der Waals surface area (Å²) in [6.07, 6.45) is 7.50. The van der Waals surface area contributed by atoms with Gasteiger partial charge in [0, 0.05) is 13.1 Å². The summed E-state index contributed by atoms with van der Waals surface area (Å²) in [6, 6.07) is 0. The molecule has 13 heavy (non-hydrogen) atoms. The van der Waals surface area contributed by atoms with E-state index in [2.05, 4.69) is 27.0 Å². The van der Waals surface area contributed by atoms with Gasteiger partial charge < -0.3 is 10.0 Å². The van der Waals surface area contributed by atoms with Crippen LogP contribution < -0.4 is 4.90 Å². The molecule has 1 aliphatic rings. The smallest absolute Gasteiger partial charge is 0.147 e. The molecule has 1 N–H and O–H groups in total. The van der Waals surface area contributed by atoms with Gasteiger partial charge in [-0.2, -0.15) is 0 Å². The average molecular weight is 177 g/mol. The minimum Gasteiger partial charge on any atom is -0.390 e. The van der Waals surface area contributed by atoms with Gasteiger partial charge in [0.1, 0.15) is 5.82 Å². The zero-order valence-corrected chi connectivity index (χ0v) is 7.22. The second-order valence-corrected chi connectivity index (χ2v) is 2.90. The molecule has 0 aromatic carbocycles. The highest BCUT2D eigenvalue weighted by Crippen LogP contribution is 2.11. The molecule has 0 fully saturated rings. The van der Waals surface area contributed by atoms with E-state index >= 15 is 0 Å². The van der Waals surface area contributed by atoms with Crippen LogP contribution in [0.4, 0.5) is 5.82 Å². The van der Waals surface area contributed by atoms with Gasteiger partial charge in [-0.15, -0.1) is 0 Å². The van der Waals surface area contributed by atoms with Crippen molar-refractivity contribution in [2.24, 2.45) is 0 Å². The van der Waals surface area contributed by atoms with Crippen molar-refractivity contribution in [2.75, 3.05) is 18.0 Å². The first-order valence-electron chi connectivity index (χ1n) is 4.22. The van der Waals surface area contributed by atoms with Crippen molar-refractivity contribution >= 4 is 5.82 Å². The number of aliphatic hydroxyl groups excluding tert-OH is 1. The Morgan fingerprint density at radius 1 is 1.23 bits per heavy atom. The van der Waals surface area contributed by atoms with Crippen molar-refractivity contribution < 1.29 is 5.11 Å². The molecule has 2 heterocycles. The van der Waals surface area contributed by atoms with Crippen LogP contribution in [0.5, 0.6) is 0 Å². The van der Waals surface area contributed by atoms with Gasteiger partial charge in [-0.1, -0.05) is 12.2 Å². The molecule has 1 aromatic rings. The fourth-order valence-electron chi connectivity index (χ4n) is 1.26. The van der Waals surface area contributed by atoms with Gasteiger partial charge in [0.25, 0.3) is 0 Å². The van der Waals surface area contributed by atoms with E-state index in [0.29, 0.717) is 5.69 Å². The van der Waals surface area contributed by atoms with Crippen LogP contribution in [-0.4, -0.2) is 28.2 Å². The second kappa shape index (κ2) is 3.53. The van der Waals surface area contributed by atoms with E-state index in [9.17, 15) is 0 Å². The Kier molecular flexibility index (Phi) is 2.23. The van der Waals surface area contributed by atoms with E-state index < -0.39 is 0 Å². The molecule has 1 aliphatic heterocycles. The third kappa shape index (κ3) is 1.67. The Morgan fingerprint density at radius 2 is 2.00 bits per heavy atom. The van der Waals surface area contributed by atoms with Crippen LogP contribution in [0.15, 0.2) is 24.5 Å². The number of nitrogens with zero attached hydrogens (tertiary/aromatic N) is 3. The SMILES string of the molecule is OCc1cnc(N2CC=CC2)cn1. The maximum atomic E-state index is 8.77. The standard InChI is InChI=1S/C9H11N3O/c13-7-8-5-11-9(6-10-8)12-3-1-2-4-12/h1-2,5-6,13H,3-4,7H2. The monoisotopic (exact) mass is 177 g/mol. The Bertz CT molecular complexity index is 299. The van der Waals surface area contributed by atoms with Gasteiger partial charge in [-0.05, 0) is 0 Å². The number of rotatable bonds is 2. The van der Waals surface area contributed by atoms with Crippen LogP contribution in [0, 0.1) is 0 Å². The molecule has 0 saturated carbocycles. The molecule has 0 radical (unpaired) electrons. The second-order valence-electron chi connectivity index (χ2n) is 2.90. The van der Waals surface area contributed by atoms with Gasteiger partial charge in [-0.25, -0.2) is 4.98 Å². The van der Waals surface area contributed by atoms with Crippen LogP contribution in [0.2, 0.25) is 0 Å². The van der Waals surface area contributed by atoms with Crippen LogP contribution in [0.25, 0.3) is 0 Å². The van der Waals surface area contributed by atoms with Crippen molar-refractivity contribution in [3.8, 4) is 0 Å². The average Bonchev–Trinajstić information content (AvgIpc) is 2.71. The summed E-state index contributed by atoms with van der Waals surface area (Å²) in [4.78, 5) is 10.4. The highest BCUT2D eigenvalue weighted by Gasteiger charge is 2.08. The van der Waals surface area contributed by atoms with Crippen LogP contribution in [0.3, 0.4) is 0 Å². The van der Waals surface area contributed by atoms with Crippen LogP contribution >= 0.6 is 0 Å². The fraction of sp³-hybridized carbons (Fsp3) is 0.333. The Labute approximate surface area is 76.6 Å². The molecule has 0 unspecified atom stereocenters. The number of anilines is 1. The van der Waals surface area contributed by atoms with Gasteiger partial charge in [-0.3, -0.25) is 4.98 Å². The topological polar surface area (TPSA) is 49.3 Å². The van der Waals surface area contributed by atoms with Gasteiger partial charge in [0.2, 0.25) is 0 Å². The minimum absolute atomic E-state index is 0.0501. The summed E-state index contributed by atoms with van der Waals surface area (Å²) in [7, 11) is 0. The Morgan fingerprint density at radius 3 is 2.54 bits per heavy atom. The third-order valence-corrected chi connectivity index (χ3v) is 2.00. The maximum absolute atomic E-state index is 8.77. The summed E-state index contributed by atoms with van der Waals surface area (Å²) < 4.78 is 0. The number of aliphatic hydroxyl groups is 1. The molecular formula is C9H11N3O. The van der Waals surface area contributed by atoms with Crippen molar-refractivity contribution in [1.82, 2.24) is 9.97 Å². The summed E-state index contributed by atoms with van der Waals surface area (Å²) in [5.74, 6) is 0.863. The highest BCUT2D eigenvalue weighted by atomic mass is 16.3. The molecule has 1 aromatic heterocycles. The van der Waals surface area contributed by atoms with E-state index in [4.69, 9.17) is 5.11 Å². The van der Waals surface area contributed by atoms with E-state index in [1.54, 1.807) is 12.4 Å². The number of hydrogen-bond donors (Lipinski definition) is 1. The molecule has 4 nitrogen and oxygen atoms in total. The molecule has 0 aliphatic carbocycles. The van der Waals surface area contributed by atoms with Gasteiger partial charge in [0.15, 0.2) is 0 Å². The molecule has 0 bridgehead atoms. The molecule has 2 rings (SSSR count). The predicted molar refractivity (Wildman–Crippen MR) is 49.3 cm³/mol. The summed E-state index contributed by atoms with van der Waals surface area (Å²) in [5, 5.41) is 8.77. The third-order valence-electron chi connectivity index (χ3n) is 2.00. The number of aromatic nitrogens is 2. The van der Waals surface area contributed by atoms with Gasteiger partial charge >= 0.3 is 0 Å². The molecule has 68 valence electrons. The summed E-state index contributed by atoms with van der Waals surface area (Å²) >= 11 is 0. The number of hydrogen-bond acceptors (Lipinski definition) is 4. The largest absolute Gasteiger partial charge is 0.390 e. The maximum Gasteiger partial charge on any atom is 0.147 e. The van der Waals surface area contributed by atoms with E-state index in [0.717, 1.165) is 18.9 Å². The lowest BCUT2D eigenvalue weighted by atomic mass is 10.4. The molecular weight excluding hydrogens is 166 g/mol. The predicted octanol–water partition coefficient (Wildman–Crippen LogP) is 0.345. The Balaban J connectivity index is 2.13. The zero-order valence-electron chi connectivity index (χ0n) is 7.22. The van der Waals surface area contributed by atoms with Crippen molar-refractivity contribution in [2.45, 2.75) is 6.61 Å². The normalized spacial score (nSPS) is 15.3. The van der Waals surface area contributed by atoms with E-state index in [1.165, 1.54) is 0 Å². The first kappa shape index (κ1) is 8.19. The lowest BCUT2D eigenvalue weighted by Gasteiger charge is -2.15. The summed E-state index contributed by atoms with van der Waals surface area (Å²) in [6.45, 7) is 1.74. The first-order chi connectivity index (χ1) is 6.40. The van der Waals surface area contributed by atoms with Crippen molar-refractivity contribution in [1.29, 1.82) is 0 Å². The highest BCUT2D eigenvalue weighted by molar-refractivity contribution is 5.40. The fourth-order valence-corrected chi connectivity index (χ4v) is 1.26. The first-order valence-corrected chi connectivity index (χ1v) is 4.22. The molecule has 0 spiro atoms. The molecule has 0 amide bonds. The van der Waals surface area contributed by atoms with Crippen LogP contribution in [-0.2, 0) is 6.61 Å².